The SMILES string of the molecule is CCNCCNC(=O)c1cccc(CN2CCCC2)c1. The Kier molecular flexibility index (Phi) is 6.02. The van der Waals surface area contributed by atoms with Crippen LogP contribution in [0.15, 0.2) is 24.3 Å². The fraction of sp³-hybridized carbons (Fsp3) is 0.562. The Bertz CT molecular complexity index is 427. The van der Waals surface area contributed by atoms with Crippen molar-refractivity contribution >= 4 is 5.91 Å². The lowest BCUT2D eigenvalue weighted by molar-refractivity contribution is 0.0954. The third kappa shape index (κ3) is 4.62. The van der Waals surface area contributed by atoms with Crippen LogP contribution in [0.2, 0.25) is 0 Å². The van der Waals surface area contributed by atoms with Crippen LogP contribution in [0.3, 0.4) is 0 Å². The highest BCUT2D eigenvalue weighted by molar-refractivity contribution is 5.94. The molecule has 20 heavy (non-hydrogen) atoms. The molecule has 1 amide bonds. The van der Waals surface area contributed by atoms with E-state index in [-0.39, 0.29) is 5.91 Å². The Morgan fingerprint density at radius 1 is 1.25 bits per heavy atom. The number of amides is 1. The van der Waals surface area contributed by atoms with Crippen molar-refractivity contribution in [3.05, 3.63) is 35.4 Å². The Morgan fingerprint density at radius 2 is 2.05 bits per heavy atom. The predicted octanol–water partition coefficient (Wildman–Crippen LogP) is 1.62. The molecule has 0 saturated carbocycles. The third-order valence-electron chi connectivity index (χ3n) is 3.63. The zero-order chi connectivity index (χ0) is 14.2. The molecule has 4 heteroatoms. The second kappa shape index (κ2) is 8.02. The van der Waals surface area contributed by atoms with E-state index in [1.807, 2.05) is 18.2 Å². The summed E-state index contributed by atoms with van der Waals surface area (Å²) in [6.45, 7) is 7.79. The first-order chi connectivity index (χ1) is 9.79. The lowest BCUT2D eigenvalue weighted by atomic mass is 10.1. The molecule has 1 heterocycles. The summed E-state index contributed by atoms with van der Waals surface area (Å²) in [5, 5.41) is 6.13. The van der Waals surface area contributed by atoms with Gasteiger partial charge in [0.25, 0.3) is 5.91 Å². The van der Waals surface area contributed by atoms with E-state index < -0.39 is 0 Å². The molecule has 2 N–H and O–H groups in total. The Morgan fingerprint density at radius 3 is 2.80 bits per heavy atom. The summed E-state index contributed by atoms with van der Waals surface area (Å²) in [5.74, 6) is 0.0196. The van der Waals surface area contributed by atoms with E-state index >= 15 is 0 Å². The lowest BCUT2D eigenvalue weighted by Crippen LogP contribution is -2.31. The number of hydrogen-bond donors (Lipinski definition) is 2. The summed E-state index contributed by atoms with van der Waals surface area (Å²) in [6.07, 6.45) is 2.59. The first-order valence-corrected chi connectivity index (χ1v) is 7.60. The molecular weight excluding hydrogens is 250 g/mol. The molecule has 110 valence electrons. The van der Waals surface area contributed by atoms with Crippen molar-refractivity contribution in [2.24, 2.45) is 0 Å². The van der Waals surface area contributed by atoms with Gasteiger partial charge in [-0.3, -0.25) is 9.69 Å². The molecular formula is C16H25N3O. The van der Waals surface area contributed by atoms with E-state index in [1.165, 1.54) is 31.5 Å². The maximum Gasteiger partial charge on any atom is 0.251 e. The van der Waals surface area contributed by atoms with Crippen LogP contribution in [0.25, 0.3) is 0 Å². The first kappa shape index (κ1) is 15.0. The highest BCUT2D eigenvalue weighted by Gasteiger charge is 2.12. The maximum absolute atomic E-state index is 12.0. The quantitative estimate of drug-likeness (QED) is 0.743. The molecule has 0 aromatic heterocycles. The summed E-state index contributed by atoms with van der Waals surface area (Å²) < 4.78 is 0. The molecule has 0 aliphatic carbocycles. The number of carbonyl (C=O) groups excluding carboxylic acids is 1. The molecule has 0 atom stereocenters. The zero-order valence-electron chi connectivity index (χ0n) is 12.3. The van der Waals surface area contributed by atoms with Gasteiger partial charge in [0.2, 0.25) is 0 Å². The van der Waals surface area contributed by atoms with Crippen molar-refractivity contribution in [1.82, 2.24) is 15.5 Å². The molecule has 1 aliphatic rings. The summed E-state index contributed by atoms with van der Waals surface area (Å²) in [7, 11) is 0. The van der Waals surface area contributed by atoms with Crippen LogP contribution in [0.1, 0.15) is 35.7 Å². The molecule has 1 aliphatic heterocycles. The second-order valence-electron chi connectivity index (χ2n) is 5.29. The van der Waals surface area contributed by atoms with Crippen LogP contribution in [-0.2, 0) is 6.54 Å². The Balaban J connectivity index is 1.86. The highest BCUT2D eigenvalue weighted by atomic mass is 16.1. The molecule has 1 aromatic carbocycles. The number of rotatable bonds is 7. The van der Waals surface area contributed by atoms with Crippen molar-refractivity contribution < 1.29 is 4.79 Å². The van der Waals surface area contributed by atoms with Crippen LogP contribution in [0.4, 0.5) is 0 Å². The zero-order valence-corrected chi connectivity index (χ0v) is 12.3. The molecule has 1 saturated heterocycles. The largest absolute Gasteiger partial charge is 0.351 e. The van der Waals surface area contributed by atoms with Gasteiger partial charge in [0.15, 0.2) is 0 Å². The monoisotopic (exact) mass is 275 g/mol. The van der Waals surface area contributed by atoms with E-state index in [1.54, 1.807) is 0 Å². The molecule has 0 radical (unpaired) electrons. The van der Waals surface area contributed by atoms with Crippen molar-refractivity contribution in [1.29, 1.82) is 0 Å². The smallest absolute Gasteiger partial charge is 0.251 e. The number of nitrogens with zero attached hydrogens (tertiary/aromatic N) is 1. The van der Waals surface area contributed by atoms with Gasteiger partial charge in [0, 0.05) is 25.2 Å². The minimum absolute atomic E-state index is 0.0196. The predicted molar refractivity (Wildman–Crippen MR) is 81.8 cm³/mol. The molecule has 2 rings (SSSR count). The molecule has 1 fully saturated rings. The average Bonchev–Trinajstić information content (AvgIpc) is 2.96. The standard InChI is InChI=1S/C16H25N3O/c1-2-17-8-9-18-16(20)15-7-5-6-14(12-15)13-19-10-3-4-11-19/h5-7,12,17H,2-4,8-11,13H2,1H3,(H,18,20). The van der Waals surface area contributed by atoms with Crippen LogP contribution in [-0.4, -0.2) is 43.5 Å². The molecule has 0 spiro atoms. The van der Waals surface area contributed by atoms with Crippen molar-refractivity contribution in [3.63, 3.8) is 0 Å². The van der Waals surface area contributed by atoms with Crippen molar-refractivity contribution in [3.8, 4) is 0 Å². The summed E-state index contributed by atoms with van der Waals surface area (Å²) >= 11 is 0. The number of likely N-dealkylation sites (tertiary alicyclic amines) is 1. The number of hydrogen-bond acceptors (Lipinski definition) is 3. The Hall–Kier alpha value is -1.39. The lowest BCUT2D eigenvalue weighted by Gasteiger charge is -2.15. The van der Waals surface area contributed by atoms with Gasteiger partial charge in [-0.05, 0) is 50.2 Å². The van der Waals surface area contributed by atoms with Crippen LogP contribution in [0.5, 0.6) is 0 Å². The second-order valence-corrected chi connectivity index (χ2v) is 5.29. The van der Waals surface area contributed by atoms with Gasteiger partial charge < -0.3 is 10.6 Å². The fourth-order valence-electron chi connectivity index (χ4n) is 2.55. The van der Waals surface area contributed by atoms with Gasteiger partial charge in [-0.25, -0.2) is 0 Å². The first-order valence-electron chi connectivity index (χ1n) is 7.60. The van der Waals surface area contributed by atoms with Gasteiger partial charge in [-0.1, -0.05) is 19.1 Å². The normalized spacial score (nSPS) is 15.4. The van der Waals surface area contributed by atoms with Crippen molar-refractivity contribution in [2.45, 2.75) is 26.3 Å². The molecule has 4 nitrogen and oxygen atoms in total. The highest BCUT2D eigenvalue weighted by Crippen LogP contribution is 2.13. The maximum atomic E-state index is 12.0. The van der Waals surface area contributed by atoms with Gasteiger partial charge in [-0.2, -0.15) is 0 Å². The average molecular weight is 275 g/mol. The molecule has 0 unspecified atom stereocenters. The van der Waals surface area contributed by atoms with Gasteiger partial charge in [0.05, 0.1) is 0 Å². The number of nitrogens with one attached hydrogen (secondary N) is 2. The molecule has 1 aromatic rings. The number of benzene rings is 1. The van der Waals surface area contributed by atoms with Gasteiger partial charge in [0.1, 0.15) is 0 Å². The van der Waals surface area contributed by atoms with Crippen LogP contribution >= 0.6 is 0 Å². The van der Waals surface area contributed by atoms with Crippen molar-refractivity contribution in [2.75, 3.05) is 32.7 Å². The number of carbonyl (C=O) groups is 1. The number of likely N-dealkylation sites (N-methyl/N-ethyl adjacent to an activating group) is 1. The third-order valence-corrected chi connectivity index (χ3v) is 3.63. The van der Waals surface area contributed by atoms with E-state index in [4.69, 9.17) is 0 Å². The van der Waals surface area contributed by atoms with Gasteiger partial charge >= 0.3 is 0 Å². The van der Waals surface area contributed by atoms with E-state index in [2.05, 4.69) is 28.5 Å². The molecule has 0 bridgehead atoms. The van der Waals surface area contributed by atoms with E-state index in [0.717, 1.165) is 25.2 Å². The van der Waals surface area contributed by atoms with Crippen LogP contribution < -0.4 is 10.6 Å². The minimum atomic E-state index is 0.0196. The van der Waals surface area contributed by atoms with Gasteiger partial charge in [-0.15, -0.1) is 0 Å². The van der Waals surface area contributed by atoms with Crippen LogP contribution in [0, 0.1) is 0 Å². The summed E-state index contributed by atoms with van der Waals surface area (Å²) in [6, 6.07) is 7.98. The van der Waals surface area contributed by atoms with E-state index in [9.17, 15) is 4.79 Å². The summed E-state index contributed by atoms with van der Waals surface area (Å²) in [5.41, 5.74) is 1.99. The summed E-state index contributed by atoms with van der Waals surface area (Å²) in [4.78, 5) is 14.5. The van der Waals surface area contributed by atoms with E-state index in [0.29, 0.717) is 6.54 Å². The topological polar surface area (TPSA) is 44.4 Å². The minimum Gasteiger partial charge on any atom is -0.351 e. The Labute approximate surface area is 121 Å². The fourth-order valence-corrected chi connectivity index (χ4v) is 2.55.